The van der Waals surface area contributed by atoms with Crippen molar-refractivity contribution in [3.05, 3.63) is 35.4 Å². The van der Waals surface area contributed by atoms with Crippen LogP contribution in [0.4, 0.5) is 0 Å². The second-order valence-corrected chi connectivity index (χ2v) is 6.80. The van der Waals surface area contributed by atoms with Crippen molar-refractivity contribution in [3.63, 3.8) is 0 Å². The summed E-state index contributed by atoms with van der Waals surface area (Å²) < 4.78 is 6.09. The maximum absolute atomic E-state index is 6.09. The monoisotopic (exact) mass is 271 g/mol. The van der Waals surface area contributed by atoms with E-state index in [2.05, 4.69) is 36.6 Å². The molecule has 1 saturated carbocycles. The summed E-state index contributed by atoms with van der Waals surface area (Å²) in [5.74, 6) is 1.47. The van der Waals surface area contributed by atoms with Gasteiger partial charge in [-0.2, -0.15) is 0 Å². The van der Waals surface area contributed by atoms with Gasteiger partial charge in [0.2, 0.25) is 0 Å². The van der Waals surface area contributed by atoms with Crippen molar-refractivity contribution in [2.24, 2.45) is 5.92 Å². The Morgan fingerprint density at radius 2 is 2.00 bits per heavy atom. The molecule has 2 heterocycles. The molecule has 1 aliphatic carbocycles. The number of ether oxygens (including phenoxy) is 1. The minimum Gasteiger partial charge on any atom is -0.375 e. The number of rotatable bonds is 4. The van der Waals surface area contributed by atoms with Crippen LogP contribution in [0.5, 0.6) is 0 Å². The van der Waals surface area contributed by atoms with Crippen LogP contribution in [0, 0.1) is 5.92 Å². The van der Waals surface area contributed by atoms with E-state index in [4.69, 9.17) is 4.74 Å². The molecule has 4 atom stereocenters. The molecule has 1 aromatic carbocycles. The van der Waals surface area contributed by atoms with Crippen molar-refractivity contribution >= 4 is 0 Å². The topological polar surface area (TPSA) is 21.3 Å². The van der Waals surface area contributed by atoms with Crippen molar-refractivity contribution in [1.82, 2.24) is 5.32 Å². The summed E-state index contributed by atoms with van der Waals surface area (Å²) in [7, 11) is 2.12. The summed E-state index contributed by atoms with van der Waals surface area (Å²) >= 11 is 0. The molecule has 2 aliphatic heterocycles. The van der Waals surface area contributed by atoms with Gasteiger partial charge in [0.1, 0.15) is 0 Å². The number of nitrogens with one attached hydrogen (secondary N) is 1. The van der Waals surface area contributed by atoms with Gasteiger partial charge in [-0.25, -0.2) is 0 Å². The van der Waals surface area contributed by atoms with Crippen molar-refractivity contribution < 1.29 is 4.74 Å². The second kappa shape index (κ2) is 5.16. The van der Waals surface area contributed by atoms with Gasteiger partial charge in [-0.15, -0.1) is 0 Å². The van der Waals surface area contributed by atoms with Crippen LogP contribution >= 0.6 is 0 Å². The van der Waals surface area contributed by atoms with Crippen molar-refractivity contribution in [1.29, 1.82) is 0 Å². The molecular formula is C18H25NO. The lowest BCUT2D eigenvalue weighted by atomic mass is 9.74. The van der Waals surface area contributed by atoms with Gasteiger partial charge in [0, 0.05) is 12.0 Å². The zero-order valence-corrected chi connectivity index (χ0v) is 12.3. The van der Waals surface area contributed by atoms with Crippen LogP contribution in [0.2, 0.25) is 0 Å². The van der Waals surface area contributed by atoms with Crippen molar-refractivity contribution in [3.8, 4) is 0 Å². The molecule has 1 aromatic rings. The highest BCUT2D eigenvalue weighted by Gasteiger charge is 2.45. The fourth-order valence-corrected chi connectivity index (χ4v) is 4.51. The molecule has 108 valence electrons. The first kappa shape index (κ1) is 12.8. The SMILES string of the molecule is CNC(c1ccccc1C1CCC1)C1CC2CCC1O2. The van der Waals surface area contributed by atoms with E-state index in [1.165, 1.54) is 38.5 Å². The second-order valence-electron chi connectivity index (χ2n) is 6.80. The van der Waals surface area contributed by atoms with Gasteiger partial charge in [-0.3, -0.25) is 0 Å². The minimum absolute atomic E-state index is 0.474. The number of benzene rings is 1. The molecule has 2 nitrogen and oxygen atoms in total. The molecule has 2 saturated heterocycles. The minimum atomic E-state index is 0.474. The quantitative estimate of drug-likeness (QED) is 0.899. The predicted octanol–water partition coefficient (Wildman–Crippen LogP) is 3.78. The van der Waals surface area contributed by atoms with Crippen LogP contribution in [0.1, 0.15) is 61.6 Å². The lowest BCUT2D eigenvalue weighted by molar-refractivity contribution is 0.0861. The number of hydrogen-bond donors (Lipinski definition) is 1. The predicted molar refractivity (Wildman–Crippen MR) is 80.8 cm³/mol. The summed E-state index contributed by atoms with van der Waals surface area (Å²) in [6, 6.07) is 9.59. The molecule has 2 bridgehead atoms. The Hall–Kier alpha value is -0.860. The van der Waals surface area contributed by atoms with E-state index in [1.807, 2.05) is 0 Å². The standard InChI is InChI=1S/C18H25NO/c1-19-18(16-11-13-9-10-17(16)20-13)15-8-3-2-7-14(15)12-5-4-6-12/h2-3,7-8,12-13,16-19H,4-6,9-11H2,1H3. The van der Waals surface area contributed by atoms with E-state index in [0.717, 1.165) is 5.92 Å². The summed E-state index contributed by atoms with van der Waals surface area (Å²) in [6.07, 6.45) is 8.97. The zero-order valence-electron chi connectivity index (χ0n) is 12.3. The van der Waals surface area contributed by atoms with E-state index in [9.17, 15) is 0 Å². The fourth-order valence-electron chi connectivity index (χ4n) is 4.51. The van der Waals surface area contributed by atoms with E-state index in [1.54, 1.807) is 11.1 Å². The Labute approximate surface area is 121 Å². The van der Waals surface area contributed by atoms with Crippen molar-refractivity contribution in [2.45, 2.75) is 62.7 Å². The average molecular weight is 271 g/mol. The van der Waals surface area contributed by atoms with Crippen LogP contribution in [0.3, 0.4) is 0 Å². The smallest absolute Gasteiger partial charge is 0.0627 e. The molecule has 2 heteroatoms. The van der Waals surface area contributed by atoms with Crippen molar-refractivity contribution in [2.75, 3.05) is 7.05 Å². The highest BCUT2D eigenvalue weighted by molar-refractivity contribution is 5.35. The molecule has 0 aromatic heterocycles. The van der Waals surface area contributed by atoms with Gasteiger partial charge >= 0.3 is 0 Å². The lowest BCUT2D eigenvalue weighted by Crippen LogP contribution is -2.33. The van der Waals surface area contributed by atoms with Gasteiger partial charge in [-0.05, 0) is 56.2 Å². The molecule has 0 spiro atoms. The maximum Gasteiger partial charge on any atom is 0.0627 e. The molecule has 0 amide bonds. The Morgan fingerprint density at radius 3 is 2.60 bits per heavy atom. The van der Waals surface area contributed by atoms with Gasteiger partial charge in [0.15, 0.2) is 0 Å². The third-order valence-corrected chi connectivity index (χ3v) is 5.77. The summed E-state index contributed by atoms with van der Waals surface area (Å²) in [6.45, 7) is 0. The average Bonchev–Trinajstić information content (AvgIpc) is 3.02. The summed E-state index contributed by atoms with van der Waals surface area (Å²) in [5, 5.41) is 3.61. The highest BCUT2D eigenvalue weighted by Crippen LogP contribution is 2.47. The number of fused-ring (bicyclic) bond motifs is 2. The first-order chi connectivity index (χ1) is 9.86. The summed E-state index contributed by atoms with van der Waals surface area (Å²) in [4.78, 5) is 0. The Kier molecular flexibility index (Phi) is 3.31. The zero-order chi connectivity index (χ0) is 13.5. The van der Waals surface area contributed by atoms with Crippen LogP contribution in [0.25, 0.3) is 0 Å². The molecule has 4 rings (SSSR count). The van der Waals surface area contributed by atoms with Crippen LogP contribution in [0.15, 0.2) is 24.3 Å². The molecule has 3 fully saturated rings. The fraction of sp³-hybridized carbons (Fsp3) is 0.667. The molecule has 3 aliphatic rings. The molecule has 1 N–H and O–H groups in total. The largest absolute Gasteiger partial charge is 0.375 e. The van der Waals surface area contributed by atoms with Gasteiger partial charge < -0.3 is 10.1 Å². The molecular weight excluding hydrogens is 246 g/mol. The molecule has 20 heavy (non-hydrogen) atoms. The maximum atomic E-state index is 6.09. The lowest BCUT2D eigenvalue weighted by Gasteiger charge is -2.34. The Morgan fingerprint density at radius 1 is 1.15 bits per heavy atom. The third-order valence-electron chi connectivity index (χ3n) is 5.77. The van der Waals surface area contributed by atoms with Gasteiger partial charge in [0.25, 0.3) is 0 Å². The van der Waals surface area contributed by atoms with Gasteiger partial charge in [0.05, 0.1) is 12.2 Å². The van der Waals surface area contributed by atoms with E-state index < -0.39 is 0 Å². The van der Waals surface area contributed by atoms with E-state index in [-0.39, 0.29) is 0 Å². The molecule has 0 radical (unpaired) electrons. The third kappa shape index (κ3) is 2.01. The Balaban J connectivity index is 1.64. The first-order valence-corrected chi connectivity index (χ1v) is 8.28. The molecule has 4 unspecified atom stereocenters. The van der Waals surface area contributed by atoms with Crippen LogP contribution in [-0.4, -0.2) is 19.3 Å². The van der Waals surface area contributed by atoms with Crippen LogP contribution in [-0.2, 0) is 4.74 Å². The Bertz CT molecular complexity index is 482. The number of hydrogen-bond acceptors (Lipinski definition) is 2. The van der Waals surface area contributed by atoms with E-state index >= 15 is 0 Å². The highest BCUT2D eigenvalue weighted by atomic mass is 16.5. The van der Waals surface area contributed by atoms with Crippen LogP contribution < -0.4 is 5.32 Å². The summed E-state index contributed by atoms with van der Waals surface area (Å²) in [5.41, 5.74) is 3.14. The normalized spacial score (nSPS) is 34.1. The first-order valence-electron chi connectivity index (χ1n) is 8.28. The van der Waals surface area contributed by atoms with Gasteiger partial charge in [-0.1, -0.05) is 30.7 Å². The van der Waals surface area contributed by atoms with E-state index in [0.29, 0.717) is 24.2 Å².